The summed E-state index contributed by atoms with van der Waals surface area (Å²) in [7, 11) is 0. The molecule has 0 unspecified atom stereocenters. The average molecular weight is 196 g/mol. The molecule has 0 N–H and O–H groups in total. The Morgan fingerprint density at radius 2 is 1.69 bits per heavy atom. The quantitative estimate of drug-likeness (QED) is 0.642. The van der Waals surface area contributed by atoms with Crippen molar-refractivity contribution in [3.63, 3.8) is 0 Å². The highest BCUT2D eigenvalue weighted by molar-refractivity contribution is 7.71. The molecule has 1 heterocycles. The van der Waals surface area contributed by atoms with Crippen molar-refractivity contribution in [2.45, 2.75) is 40.7 Å². The Hall–Kier alpha value is -0.700. The molecule has 0 fully saturated rings. The molecule has 0 radical (unpaired) electrons. The van der Waals surface area contributed by atoms with E-state index in [0.717, 1.165) is 16.0 Å². The molecule has 1 aromatic rings. The van der Waals surface area contributed by atoms with Gasteiger partial charge in [0.2, 0.25) is 0 Å². The predicted octanol–water partition coefficient (Wildman–Crippen LogP) is 3.12. The molecule has 13 heavy (non-hydrogen) atoms. The molecular weight excluding hydrogens is 180 g/mol. The molecule has 1 rings (SSSR count). The van der Waals surface area contributed by atoms with Crippen molar-refractivity contribution in [1.82, 2.24) is 9.55 Å². The van der Waals surface area contributed by atoms with Crippen LogP contribution in [0.3, 0.4) is 0 Å². The minimum absolute atomic E-state index is 0.410. The fourth-order valence-electron chi connectivity index (χ4n) is 1.50. The van der Waals surface area contributed by atoms with Gasteiger partial charge in [-0.25, -0.2) is 0 Å². The molecular formula is C10H16N2S. The molecule has 72 valence electrons. The standard InChI is InChI=1S/C10H16N2S/c1-6(2)12-9(5)7(3)11-8(4)10(12)13/h6H,1-5H3. The normalized spacial score (nSPS) is 10.9. The molecule has 0 aliphatic carbocycles. The van der Waals surface area contributed by atoms with Crippen LogP contribution in [0.2, 0.25) is 0 Å². The zero-order chi connectivity index (χ0) is 10.2. The molecule has 0 saturated carbocycles. The van der Waals surface area contributed by atoms with E-state index in [0.29, 0.717) is 6.04 Å². The van der Waals surface area contributed by atoms with Gasteiger partial charge >= 0.3 is 0 Å². The number of aromatic nitrogens is 2. The Balaban J connectivity index is 3.56. The maximum atomic E-state index is 5.32. The van der Waals surface area contributed by atoms with Gasteiger partial charge < -0.3 is 4.57 Å². The summed E-state index contributed by atoms with van der Waals surface area (Å²) >= 11 is 5.32. The van der Waals surface area contributed by atoms with E-state index in [4.69, 9.17) is 12.2 Å². The summed E-state index contributed by atoms with van der Waals surface area (Å²) in [5.74, 6) is 0. The van der Waals surface area contributed by atoms with E-state index in [1.165, 1.54) is 5.69 Å². The van der Waals surface area contributed by atoms with Crippen molar-refractivity contribution >= 4 is 12.2 Å². The molecule has 0 bridgehead atoms. The van der Waals surface area contributed by atoms with Crippen LogP contribution in [0.25, 0.3) is 0 Å². The van der Waals surface area contributed by atoms with E-state index in [2.05, 4.69) is 30.3 Å². The Bertz CT molecular complexity index is 377. The summed E-state index contributed by atoms with van der Waals surface area (Å²) < 4.78 is 3.02. The highest BCUT2D eigenvalue weighted by Gasteiger charge is 2.07. The SMILES string of the molecule is Cc1nc(C)c(=S)n(C(C)C)c1C. The van der Waals surface area contributed by atoms with Crippen LogP contribution in [-0.2, 0) is 0 Å². The third kappa shape index (κ3) is 1.80. The van der Waals surface area contributed by atoms with Crippen molar-refractivity contribution in [2.75, 3.05) is 0 Å². The average Bonchev–Trinajstić information content (AvgIpc) is 2.01. The molecule has 0 aromatic carbocycles. The second-order valence-electron chi connectivity index (χ2n) is 3.64. The van der Waals surface area contributed by atoms with Gasteiger partial charge in [0.25, 0.3) is 0 Å². The molecule has 0 atom stereocenters. The largest absolute Gasteiger partial charge is 0.331 e. The lowest BCUT2D eigenvalue weighted by Gasteiger charge is -2.17. The molecule has 0 saturated heterocycles. The van der Waals surface area contributed by atoms with E-state index in [1.807, 2.05) is 13.8 Å². The van der Waals surface area contributed by atoms with Crippen molar-refractivity contribution in [3.8, 4) is 0 Å². The predicted molar refractivity (Wildman–Crippen MR) is 57.7 cm³/mol. The number of hydrogen-bond acceptors (Lipinski definition) is 2. The smallest absolute Gasteiger partial charge is 0.127 e. The number of hydrogen-bond donors (Lipinski definition) is 0. The van der Waals surface area contributed by atoms with Gasteiger partial charge in [0, 0.05) is 11.7 Å². The zero-order valence-electron chi connectivity index (χ0n) is 8.88. The number of aryl methyl sites for hydroxylation is 2. The van der Waals surface area contributed by atoms with Crippen molar-refractivity contribution in [1.29, 1.82) is 0 Å². The third-order valence-corrected chi connectivity index (χ3v) is 2.76. The van der Waals surface area contributed by atoms with E-state index in [9.17, 15) is 0 Å². The minimum Gasteiger partial charge on any atom is -0.331 e. The summed E-state index contributed by atoms with van der Waals surface area (Å²) in [5, 5.41) is 0. The molecule has 0 aliphatic heterocycles. The van der Waals surface area contributed by atoms with E-state index < -0.39 is 0 Å². The first-order valence-corrected chi connectivity index (χ1v) is 4.92. The van der Waals surface area contributed by atoms with Gasteiger partial charge in [-0.15, -0.1) is 0 Å². The van der Waals surface area contributed by atoms with Gasteiger partial charge in [-0.2, -0.15) is 0 Å². The zero-order valence-corrected chi connectivity index (χ0v) is 9.70. The number of rotatable bonds is 1. The van der Waals surface area contributed by atoms with E-state index >= 15 is 0 Å². The first-order chi connectivity index (χ1) is 5.95. The third-order valence-electron chi connectivity index (χ3n) is 2.27. The van der Waals surface area contributed by atoms with Crippen molar-refractivity contribution < 1.29 is 0 Å². The highest BCUT2D eigenvalue weighted by Crippen LogP contribution is 2.14. The van der Waals surface area contributed by atoms with Crippen LogP contribution in [0.4, 0.5) is 0 Å². The minimum atomic E-state index is 0.410. The Morgan fingerprint density at radius 1 is 1.15 bits per heavy atom. The molecule has 0 amide bonds. The van der Waals surface area contributed by atoms with Crippen LogP contribution in [0.15, 0.2) is 0 Å². The summed E-state index contributed by atoms with van der Waals surface area (Å²) in [6.07, 6.45) is 0. The van der Waals surface area contributed by atoms with Gasteiger partial charge in [-0.1, -0.05) is 12.2 Å². The highest BCUT2D eigenvalue weighted by atomic mass is 32.1. The molecule has 1 aromatic heterocycles. The van der Waals surface area contributed by atoms with Gasteiger partial charge in [0.15, 0.2) is 0 Å². The summed E-state index contributed by atoms with van der Waals surface area (Å²) in [4.78, 5) is 4.39. The van der Waals surface area contributed by atoms with Crippen LogP contribution in [0, 0.1) is 25.4 Å². The van der Waals surface area contributed by atoms with Gasteiger partial charge in [0.1, 0.15) is 4.64 Å². The van der Waals surface area contributed by atoms with Crippen molar-refractivity contribution in [2.24, 2.45) is 0 Å². The fraction of sp³-hybridized carbons (Fsp3) is 0.600. The second-order valence-corrected chi connectivity index (χ2v) is 4.02. The van der Waals surface area contributed by atoms with Crippen LogP contribution >= 0.6 is 12.2 Å². The lowest BCUT2D eigenvalue weighted by Crippen LogP contribution is -2.12. The summed E-state index contributed by atoms with van der Waals surface area (Å²) in [6, 6.07) is 0.410. The lowest BCUT2D eigenvalue weighted by molar-refractivity contribution is 0.561. The fourth-order valence-corrected chi connectivity index (χ4v) is 1.90. The van der Waals surface area contributed by atoms with Crippen LogP contribution in [0.1, 0.15) is 37.0 Å². The van der Waals surface area contributed by atoms with Crippen LogP contribution in [0.5, 0.6) is 0 Å². The second kappa shape index (κ2) is 3.58. The van der Waals surface area contributed by atoms with Crippen LogP contribution in [-0.4, -0.2) is 9.55 Å². The Kier molecular flexibility index (Phi) is 2.86. The molecule has 0 aliphatic rings. The van der Waals surface area contributed by atoms with Gasteiger partial charge in [0.05, 0.1) is 11.4 Å². The lowest BCUT2D eigenvalue weighted by atomic mass is 10.2. The first-order valence-electron chi connectivity index (χ1n) is 4.51. The molecule has 3 heteroatoms. The van der Waals surface area contributed by atoms with Crippen molar-refractivity contribution in [3.05, 3.63) is 21.7 Å². The van der Waals surface area contributed by atoms with E-state index in [-0.39, 0.29) is 0 Å². The van der Waals surface area contributed by atoms with Gasteiger partial charge in [-0.05, 0) is 34.6 Å². The maximum absolute atomic E-state index is 5.32. The topological polar surface area (TPSA) is 17.8 Å². The number of nitrogens with zero attached hydrogens (tertiary/aromatic N) is 2. The molecule has 2 nitrogen and oxygen atoms in total. The monoisotopic (exact) mass is 196 g/mol. The molecule has 0 spiro atoms. The Morgan fingerprint density at radius 3 is 2.15 bits per heavy atom. The maximum Gasteiger partial charge on any atom is 0.127 e. The first kappa shape index (κ1) is 10.4. The Labute approximate surface area is 84.6 Å². The van der Waals surface area contributed by atoms with Crippen LogP contribution < -0.4 is 0 Å². The summed E-state index contributed by atoms with van der Waals surface area (Å²) in [5.41, 5.74) is 3.19. The van der Waals surface area contributed by atoms with Gasteiger partial charge in [-0.3, -0.25) is 4.98 Å². The summed E-state index contributed by atoms with van der Waals surface area (Å²) in [6.45, 7) is 10.3. The van der Waals surface area contributed by atoms with E-state index in [1.54, 1.807) is 0 Å².